The van der Waals surface area contributed by atoms with E-state index in [2.05, 4.69) is 22.0 Å². The van der Waals surface area contributed by atoms with E-state index in [1.165, 1.54) is 0 Å². The Morgan fingerprint density at radius 1 is 1.00 bits per heavy atom. The van der Waals surface area contributed by atoms with Gasteiger partial charge in [-0.3, -0.25) is 14.6 Å². The van der Waals surface area contributed by atoms with Gasteiger partial charge in [0.05, 0.1) is 12.1 Å². The van der Waals surface area contributed by atoms with Crippen LogP contribution in [-0.4, -0.2) is 60.1 Å². The number of β-amino-alcohol motifs (C(OH)–C–C–N with tert-alkyl or cyclic N) is 1. The topological polar surface area (TPSA) is 55.8 Å². The van der Waals surface area contributed by atoms with Crippen LogP contribution in [0.25, 0.3) is 0 Å². The first-order valence-electron chi connectivity index (χ1n) is 10.1. The molecular weight excluding hydrogens is 350 g/mol. The summed E-state index contributed by atoms with van der Waals surface area (Å²) in [6.07, 6.45) is 0.899. The predicted molar refractivity (Wildman–Crippen MR) is 113 cm³/mol. The maximum atomic E-state index is 12.4. The molecule has 2 aromatic carbocycles. The molecule has 0 spiro atoms. The van der Waals surface area contributed by atoms with Gasteiger partial charge in [-0.25, -0.2) is 0 Å². The Kier molecular flexibility index (Phi) is 6.83. The number of piperazine rings is 1. The number of anilines is 1. The molecular formula is C23H31N3O2. The minimum absolute atomic E-state index is 0.0330. The second-order valence-corrected chi connectivity index (χ2v) is 7.75. The molecule has 1 heterocycles. The highest BCUT2D eigenvalue weighted by Gasteiger charge is 2.28. The summed E-state index contributed by atoms with van der Waals surface area (Å²) in [7, 11) is 0. The number of hydrogen-bond donors (Lipinski definition) is 2. The average Bonchev–Trinajstić information content (AvgIpc) is 2.70. The molecule has 0 unspecified atom stereocenters. The number of amides is 1. The SMILES string of the molecule is CCc1ccccc1NC(=O)CN1CCN(C[C@@](C)(O)c2ccccc2)CC1. The largest absolute Gasteiger partial charge is 0.384 e. The molecule has 1 atom stereocenters. The highest BCUT2D eigenvalue weighted by atomic mass is 16.3. The number of carbonyl (C=O) groups is 1. The van der Waals surface area contributed by atoms with Crippen LogP contribution >= 0.6 is 0 Å². The highest BCUT2D eigenvalue weighted by Crippen LogP contribution is 2.22. The molecule has 150 valence electrons. The molecule has 1 amide bonds. The number of benzene rings is 2. The number of nitrogens with one attached hydrogen (secondary N) is 1. The van der Waals surface area contributed by atoms with Gasteiger partial charge in [-0.2, -0.15) is 0 Å². The molecule has 0 saturated carbocycles. The molecule has 0 radical (unpaired) electrons. The fraction of sp³-hybridized carbons (Fsp3) is 0.435. The van der Waals surface area contributed by atoms with Crippen molar-refractivity contribution in [1.29, 1.82) is 0 Å². The number of carbonyl (C=O) groups excluding carboxylic acids is 1. The van der Waals surface area contributed by atoms with Gasteiger partial charge in [0.25, 0.3) is 0 Å². The second-order valence-electron chi connectivity index (χ2n) is 7.75. The van der Waals surface area contributed by atoms with Gasteiger partial charge in [-0.1, -0.05) is 55.5 Å². The van der Waals surface area contributed by atoms with Crippen molar-refractivity contribution in [2.24, 2.45) is 0 Å². The standard InChI is InChI=1S/C23H31N3O2/c1-3-19-9-7-8-12-21(19)24-22(27)17-25-13-15-26(16-14-25)18-23(2,28)20-10-5-4-6-11-20/h4-12,28H,3,13-18H2,1-2H3,(H,24,27)/t23-/m1/s1. The van der Waals surface area contributed by atoms with Crippen LogP contribution in [0.15, 0.2) is 54.6 Å². The zero-order chi connectivity index (χ0) is 20.0. The summed E-state index contributed by atoms with van der Waals surface area (Å²) in [6, 6.07) is 17.8. The first-order valence-corrected chi connectivity index (χ1v) is 10.1. The van der Waals surface area contributed by atoms with E-state index in [9.17, 15) is 9.90 Å². The molecule has 0 bridgehead atoms. The molecule has 5 nitrogen and oxygen atoms in total. The second kappa shape index (κ2) is 9.32. The van der Waals surface area contributed by atoms with Gasteiger partial charge in [0.15, 0.2) is 0 Å². The van der Waals surface area contributed by atoms with Crippen molar-refractivity contribution in [2.75, 3.05) is 44.6 Å². The molecule has 1 saturated heterocycles. The number of aryl methyl sites for hydroxylation is 1. The Bertz CT molecular complexity index is 768. The van der Waals surface area contributed by atoms with Gasteiger partial charge in [0.1, 0.15) is 0 Å². The molecule has 28 heavy (non-hydrogen) atoms. The molecule has 2 N–H and O–H groups in total. The number of nitrogens with zero attached hydrogens (tertiary/aromatic N) is 2. The van der Waals surface area contributed by atoms with E-state index in [0.717, 1.165) is 49.4 Å². The third-order valence-corrected chi connectivity index (χ3v) is 5.43. The van der Waals surface area contributed by atoms with Gasteiger partial charge in [-0.05, 0) is 30.5 Å². The van der Waals surface area contributed by atoms with Gasteiger partial charge in [0.2, 0.25) is 5.91 Å². The van der Waals surface area contributed by atoms with Crippen LogP contribution in [0.4, 0.5) is 5.69 Å². The molecule has 1 fully saturated rings. The Morgan fingerprint density at radius 2 is 1.61 bits per heavy atom. The van der Waals surface area contributed by atoms with Gasteiger partial charge in [-0.15, -0.1) is 0 Å². The van der Waals surface area contributed by atoms with Crippen molar-refractivity contribution in [3.8, 4) is 0 Å². The number of aliphatic hydroxyl groups is 1. The maximum absolute atomic E-state index is 12.4. The molecule has 0 aliphatic carbocycles. The summed E-state index contributed by atoms with van der Waals surface area (Å²) in [6.45, 7) is 8.31. The fourth-order valence-electron chi connectivity index (χ4n) is 3.77. The van der Waals surface area contributed by atoms with E-state index in [4.69, 9.17) is 0 Å². The molecule has 3 rings (SSSR count). The van der Waals surface area contributed by atoms with Crippen LogP contribution in [0, 0.1) is 0 Å². The number of rotatable bonds is 7. The minimum atomic E-state index is -0.870. The van der Waals surface area contributed by atoms with Crippen molar-refractivity contribution in [3.05, 3.63) is 65.7 Å². The summed E-state index contributed by atoms with van der Waals surface area (Å²) in [5.74, 6) is 0.0330. The summed E-state index contributed by atoms with van der Waals surface area (Å²) in [5.41, 5.74) is 2.13. The van der Waals surface area contributed by atoms with Crippen LogP contribution < -0.4 is 5.32 Å². The summed E-state index contributed by atoms with van der Waals surface area (Å²) >= 11 is 0. The Morgan fingerprint density at radius 3 is 2.29 bits per heavy atom. The minimum Gasteiger partial charge on any atom is -0.384 e. The lowest BCUT2D eigenvalue weighted by Crippen LogP contribution is -2.51. The summed E-state index contributed by atoms with van der Waals surface area (Å²) < 4.78 is 0. The predicted octanol–water partition coefficient (Wildman–Crippen LogP) is 2.71. The third kappa shape index (κ3) is 5.41. The van der Waals surface area contributed by atoms with Gasteiger partial charge in [0, 0.05) is 38.4 Å². The van der Waals surface area contributed by atoms with Crippen molar-refractivity contribution in [2.45, 2.75) is 25.9 Å². The van der Waals surface area contributed by atoms with Crippen LogP contribution in [0.2, 0.25) is 0 Å². The van der Waals surface area contributed by atoms with Gasteiger partial charge >= 0.3 is 0 Å². The Balaban J connectivity index is 1.47. The summed E-state index contributed by atoms with van der Waals surface area (Å²) in [4.78, 5) is 16.9. The molecule has 2 aromatic rings. The van der Waals surface area contributed by atoms with E-state index in [1.54, 1.807) is 0 Å². The van der Waals surface area contributed by atoms with Crippen molar-refractivity contribution < 1.29 is 9.90 Å². The zero-order valence-electron chi connectivity index (χ0n) is 16.9. The van der Waals surface area contributed by atoms with Crippen molar-refractivity contribution >= 4 is 11.6 Å². The first-order chi connectivity index (χ1) is 13.5. The van der Waals surface area contributed by atoms with E-state index < -0.39 is 5.60 Å². The molecule has 1 aliphatic rings. The third-order valence-electron chi connectivity index (χ3n) is 5.43. The highest BCUT2D eigenvalue weighted by molar-refractivity contribution is 5.93. The number of para-hydroxylation sites is 1. The lowest BCUT2D eigenvalue weighted by molar-refractivity contribution is -0.117. The van der Waals surface area contributed by atoms with Crippen LogP contribution in [0.3, 0.4) is 0 Å². The monoisotopic (exact) mass is 381 g/mol. The van der Waals surface area contributed by atoms with E-state index in [0.29, 0.717) is 13.1 Å². The lowest BCUT2D eigenvalue weighted by atomic mass is 9.95. The number of hydrogen-bond acceptors (Lipinski definition) is 4. The Labute approximate surface area is 168 Å². The lowest BCUT2D eigenvalue weighted by Gasteiger charge is -2.38. The van der Waals surface area contributed by atoms with Crippen LogP contribution in [0.5, 0.6) is 0 Å². The van der Waals surface area contributed by atoms with E-state index in [-0.39, 0.29) is 5.91 Å². The Hall–Kier alpha value is -2.21. The smallest absolute Gasteiger partial charge is 0.238 e. The normalized spacial score (nSPS) is 17.8. The zero-order valence-corrected chi connectivity index (χ0v) is 16.9. The molecule has 0 aromatic heterocycles. The average molecular weight is 382 g/mol. The quantitative estimate of drug-likeness (QED) is 0.774. The van der Waals surface area contributed by atoms with Crippen molar-refractivity contribution in [3.63, 3.8) is 0 Å². The molecule has 1 aliphatic heterocycles. The van der Waals surface area contributed by atoms with Crippen molar-refractivity contribution in [1.82, 2.24) is 9.80 Å². The van der Waals surface area contributed by atoms with E-state index >= 15 is 0 Å². The molecule has 5 heteroatoms. The maximum Gasteiger partial charge on any atom is 0.238 e. The fourth-order valence-corrected chi connectivity index (χ4v) is 3.77. The van der Waals surface area contributed by atoms with Gasteiger partial charge < -0.3 is 10.4 Å². The summed E-state index contributed by atoms with van der Waals surface area (Å²) in [5, 5.41) is 13.9. The van der Waals surface area contributed by atoms with Crippen LogP contribution in [-0.2, 0) is 16.8 Å². The van der Waals surface area contributed by atoms with E-state index in [1.807, 2.05) is 61.5 Å². The first kappa shape index (κ1) is 20.5. The van der Waals surface area contributed by atoms with Crippen LogP contribution in [0.1, 0.15) is 25.0 Å².